The maximum absolute atomic E-state index is 12.6. The topological polar surface area (TPSA) is 126 Å². The van der Waals surface area contributed by atoms with Gasteiger partial charge < -0.3 is 22.1 Å². The average molecular weight is 381 g/mol. The number of nitrogens with zero attached hydrogens (tertiary/aromatic N) is 2. The fraction of sp³-hybridized carbons (Fsp3) is 0.842. The van der Waals surface area contributed by atoms with Crippen molar-refractivity contribution in [2.24, 2.45) is 16.5 Å². The summed E-state index contributed by atoms with van der Waals surface area (Å²) in [6, 6.07) is -0.221. The number of hydrogen-bond donors (Lipinski definition) is 4. The Morgan fingerprint density at radius 3 is 2.63 bits per heavy atom. The van der Waals surface area contributed by atoms with E-state index in [-0.39, 0.29) is 23.8 Å². The van der Waals surface area contributed by atoms with Crippen LogP contribution in [-0.2, 0) is 9.59 Å². The predicted molar refractivity (Wildman–Crippen MR) is 107 cm³/mol. The van der Waals surface area contributed by atoms with Gasteiger partial charge in [0.1, 0.15) is 6.04 Å². The average Bonchev–Trinajstić information content (AvgIpc) is 3.47. The maximum atomic E-state index is 12.6. The zero-order valence-corrected chi connectivity index (χ0v) is 16.6. The van der Waals surface area contributed by atoms with Gasteiger partial charge in [-0.25, -0.2) is 0 Å². The second-order valence-corrected chi connectivity index (χ2v) is 7.66. The van der Waals surface area contributed by atoms with E-state index in [0.29, 0.717) is 32.1 Å². The first-order valence-corrected chi connectivity index (χ1v) is 10.4. The Morgan fingerprint density at radius 1 is 1.22 bits per heavy atom. The van der Waals surface area contributed by atoms with Crippen LogP contribution >= 0.6 is 0 Å². The molecule has 1 heterocycles. The number of rotatable bonds is 12. The number of hydrogen-bond acceptors (Lipinski definition) is 4. The van der Waals surface area contributed by atoms with Gasteiger partial charge in [0.05, 0.1) is 6.04 Å². The molecular weight excluding hydrogens is 344 g/mol. The van der Waals surface area contributed by atoms with Gasteiger partial charge in [-0.15, -0.1) is 0 Å². The SMILES string of the molecule is CCCCCCCNC(=O)[C@H]1CN(C2CC2)[C@@H](CCCN=C(N)N)C(=O)N1. The van der Waals surface area contributed by atoms with Gasteiger partial charge in [0.15, 0.2) is 5.96 Å². The van der Waals surface area contributed by atoms with E-state index in [1.165, 1.54) is 19.3 Å². The van der Waals surface area contributed by atoms with Gasteiger partial charge in [-0.2, -0.15) is 0 Å². The number of unbranched alkanes of at least 4 members (excludes halogenated alkanes) is 4. The number of guanidine groups is 1. The number of aliphatic imine (C=N–C) groups is 1. The quantitative estimate of drug-likeness (QED) is 0.222. The van der Waals surface area contributed by atoms with E-state index in [1.807, 2.05) is 0 Å². The molecule has 8 nitrogen and oxygen atoms in total. The fourth-order valence-corrected chi connectivity index (χ4v) is 3.61. The van der Waals surface area contributed by atoms with Gasteiger partial charge in [0.2, 0.25) is 11.8 Å². The molecule has 0 unspecified atom stereocenters. The van der Waals surface area contributed by atoms with Crippen molar-refractivity contribution in [2.45, 2.75) is 82.8 Å². The molecule has 0 bridgehead atoms. The van der Waals surface area contributed by atoms with E-state index < -0.39 is 6.04 Å². The summed E-state index contributed by atoms with van der Waals surface area (Å²) in [7, 11) is 0. The Bertz CT molecular complexity index is 516. The van der Waals surface area contributed by atoms with E-state index in [0.717, 1.165) is 32.1 Å². The molecule has 27 heavy (non-hydrogen) atoms. The molecule has 2 amide bonds. The number of carbonyl (C=O) groups is 2. The molecule has 1 saturated heterocycles. The highest BCUT2D eigenvalue weighted by molar-refractivity contribution is 5.91. The summed E-state index contributed by atoms with van der Waals surface area (Å²) in [5.41, 5.74) is 10.7. The molecule has 154 valence electrons. The van der Waals surface area contributed by atoms with Crippen LogP contribution in [0.25, 0.3) is 0 Å². The minimum atomic E-state index is -0.456. The summed E-state index contributed by atoms with van der Waals surface area (Å²) in [4.78, 5) is 31.3. The second kappa shape index (κ2) is 11.1. The standard InChI is InChI=1S/C19H36N6O2/c1-2-3-4-5-6-11-22-17(26)15-13-25(14-9-10-14)16(18(27)24-15)8-7-12-23-19(20)21/h14-16H,2-13H2,1H3,(H,22,26)(H,24,27)(H4,20,21,23)/t15-,16+/m1/s1. The Morgan fingerprint density at radius 2 is 1.96 bits per heavy atom. The van der Waals surface area contributed by atoms with Crippen LogP contribution in [0.15, 0.2) is 4.99 Å². The van der Waals surface area contributed by atoms with Crippen LogP contribution < -0.4 is 22.1 Å². The van der Waals surface area contributed by atoms with E-state index in [9.17, 15) is 9.59 Å². The first-order chi connectivity index (χ1) is 13.0. The number of piperazine rings is 1. The third-order valence-electron chi connectivity index (χ3n) is 5.25. The Labute approximate surface area is 162 Å². The van der Waals surface area contributed by atoms with Crippen LogP contribution in [0.2, 0.25) is 0 Å². The van der Waals surface area contributed by atoms with E-state index in [2.05, 4.69) is 27.4 Å². The molecular formula is C19H36N6O2. The molecule has 2 fully saturated rings. The number of nitrogens with one attached hydrogen (secondary N) is 2. The van der Waals surface area contributed by atoms with Crippen molar-refractivity contribution >= 4 is 17.8 Å². The van der Waals surface area contributed by atoms with E-state index >= 15 is 0 Å². The molecule has 0 aromatic rings. The third kappa shape index (κ3) is 7.36. The Hall–Kier alpha value is -1.83. The largest absolute Gasteiger partial charge is 0.370 e. The number of amides is 2. The summed E-state index contributed by atoms with van der Waals surface area (Å²) in [5.74, 6) is -0.0435. The van der Waals surface area contributed by atoms with Crippen LogP contribution in [0.3, 0.4) is 0 Å². The normalized spacial score (nSPS) is 22.9. The molecule has 0 aromatic carbocycles. The third-order valence-corrected chi connectivity index (χ3v) is 5.25. The zero-order valence-electron chi connectivity index (χ0n) is 16.6. The molecule has 2 atom stereocenters. The van der Waals surface area contributed by atoms with E-state index in [1.54, 1.807) is 0 Å². The van der Waals surface area contributed by atoms with E-state index in [4.69, 9.17) is 11.5 Å². The lowest BCUT2D eigenvalue weighted by Gasteiger charge is -2.39. The van der Waals surface area contributed by atoms with Gasteiger partial charge in [-0.05, 0) is 32.1 Å². The molecule has 1 aliphatic carbocycles. The van der Waals surface area contributed by atoms with Crippen molar-refractivity contribution in [1.82, 2.24) is 15.5 Å². The van der Waals surface area contributed by atoms with Crippen LogP contribution in [0.4, 0.5) is 0 Å². The Kier molecular flexibility index (Phi) is 8.84. The van der Waals surface area contributed by atoms with Crippen LogP contribution in [0, 0.1) is 0 Å². The van der Waals surface area contributed by atoms with Crippen molar-refractivity contribution in [1.29, 1.82) is 0 Å². The lowest BCUT2D eigenvalue weighted by atomic mass is 10.0. The molecule has 2 aliphatic rings. The zero-order chi connectivity index (χ0) is 19.6. The molecule has 0 radical (unpaired) electrons. The first kappa shape index (κ1) is 21.5. The van der Waals surface area contributed by atoms with Gasteiger partial charge in [-0.3, -0.25) is 19.5 Å². The first-order valence-electron chi connectivity index (χ1n) is 10.4. The molecule has 1 saturated carbocycles. The lowest BCUT2D eigenvalue weighted by Crippen LogP contribution is -2.64. The summed E-state index contributed by atoms with van der Waals surface area (Å²) < 4.78 is 0. The van der Waals surface area contributed by atoms with Crippen LogP contribution in [0.5, 0.6) is 0 Å². The number of nitrogens with two attached hydrogens (primary N) is 2. The summed E-state index contributed by atoms with van der Waals surface area (Å²) >= 11 is 0. The highest BCUT2D eigenvalue weighted by atomic mass is 16.2. The van der Waals surface area contributed by atoms with Crippen molar-refractivity contribution in [2.75, 3.05) is 19.6 Å². The second-order valence-electron chi connectivity index (χ2n) is 7.66. The minimum Gasteiger partial charge on any atom is -0.370 e. The van der Waals surface area contributed by atoms with Gasteiger partial charge >= 0.3 is 0 Å². The summed E-state index contributed by atoms with van der Waals surface area (Å²) in [6.07, 6.45) is 9.44. The summed E-state index contributed by atoms with van der Waals surface area (Å²) in [5, 5.41) is 5.90. The summed E-state index contributed by atoms with van der Waals surface area (Å²) in [6.45, 7) is 3.98. The molecule has 0 spiro atoms. The van der Waals surface area contributed by atoms with Crippen molar-refractivity contribution < 1.29 is 9.59 Å². The minimum absolute atomic E-state index is 0.0547. The van der Waals surface area contributed by atoms with Gasteiger partial charge in [0, 0.05) is 25.7 Å². The number of carbonyl (C=O) groups excluding carboxylic acids is 2. The van der Waals surface area contributed by atoms with Crippen LogP contribution in [0.1, 0.15) is 64.7 Å². The fourth-order valence-electron chi connectivity index (χ4n) is 3.61. The Balaban J connectivity index is 1.78. The molecule has 0 aromatic heterocycles. The monoisotopic (exact) mass is 380 g/mol. The molecule has 1 aliphatic heterocycles. The van der Waals surface area contributed by atoms with Gasteiger partial charge in [-0.1, -0.05) is 32.6 Å². The lowest BCUT2D eigenvalue weighted by molar-refractivity contribution is -0.137. The van der Waals surface area contributed by atoms with Crippen molar-refractivity contribution in [3.8, 4) is 0 Å². The predicted octanol–water partition coefficient (Wildman–Crippen LogP) is 0.458. The highest BCUT2D eigenvalue weighted by Gasteiger charge is 2.43. The van der Waals surface area contributed by atoms with Crippen molar-refractivity contribution in [3.63, 3.8) is 0 Å². The smallest absolute Gasteiger partial charge is 0.243 e. The van der Waals surface area contributed by atoms with Gasteiger partial charge in [0.25, 0.3) is 0 Å². The van der Waals surface area contributed by atoms with Crippen molar-refractivity contribution in [3.05, 3.63) is 0 Å². The maximum Gasteiger partial charge on any atom is 0.243 e. The van der Waals surface area contributed by atoms with Crippen LogP contribution in [-0.4, -0.2) is 60.4 Å². The molecule has 6 N–H and O–H groups in total. The highest BCUT2D eigenvalue weighted by Crippen LogP contribution is 2.31. The molecule has 8 heteroatoms. The molecule has 2 rings (SSSR count).